The van der Waals surface area contributed by atoms with Crippen LogP contribution in [0, 0.1) is 0 Å². The van der Waals surface area contributed by atoms with E-state index in [1.54, 1.807) is 39.5 Å². The van der Waals surface area contributed by atoms with Crippen LogP contribution in [0.15, 0.2) is 18.2 Å². The van der Waals surface area contributed by atoms with Gasteiger partial charge >= 0.3 is 0 Å². The molecule has 0 spiro atoms. The van der Waals surface area contributed by atoms with Crippen LogP contribution in [-0.4, -0.2) is 38.8 Å². The molecule has 0 fully saturated rings. The Kier molecular flexibility index (Phi) is 5.75. The highest BCUT2D eigenvalue weighted by Crippen LogP contribution is 2.38. The second kappa shape index (κ2) is 8.20. The van der Waals surface area contributed by atoms with Crippen LogP contribution in [0.5, 0.6) is 17.2 Å². The van der Waals surface area contributed by atoms with E-state index in [1.807, 2.05) is 0 Å². The van der Waals surface area contributed by atoms with Gasteiger partial charge in [-0.2, -0.15) is 0 Å². The summed E-state index contributed by atoms with van der Waals surface area (Å²) >= 11 is 1.44. The van der Waals surface area contributed by atoms with Crippen LogP contribution < -0.4 is 19.5 Å². The van der Waals surface area contributed by atoms with E-state index in [4.69, 9.17) is 18.9 Å². The highest BCUT2D eigenvalue weighted by Gasteiger charge is 2.16. The average molecular weight is 376 g/mol. The lowest BCUT2D eigenvalue weighted by Crippen LogP contribution is -2.09. The highest BCUT2D eigenvalue weighted by molar-refractivity contribution is 7.15. The first-order valence-corrected chi connectivity index (χ1v) is 8.81. The Labute approximate surface area is 155 Å². The quantitative estimate of drug-likeness (QED) is 0.781. The number of anilines is 1. The molecule has 8 heteroatoms. The van der Waals surface area contributed by atoms with Crippen LogP contribution in [-0.2, 0) is 22.6 Å². The lowest BCUT2D eigenvalue weighted by atomic mass is 10.1. The minimum absolute atomic E-state index is 0.259. The number of carbonyl (C=O) groups is 1. The van der Waals surface area contributed by atoms with Crippen molar-refractivity contribution < 1.29 is 23.7 Å². The van der Waals surface area contributed by atoms with Gasteiger partial charge in [-0.3, -0.25) is 10.1 Å². The molecule has 0 saturated heterocycles. The fourth-order valence-electron chi connectivity index (χ4n) is 2.60. The molecule has 1 amide bonds. The van der Waals surface area contributed by atoms with Crippen molar-refractivity contribution in [2.45, 2.75) is 13.0 Å². The zero-order valence-corrected chi connectivity index (χ0v) is 15.6. The Bertz CT molecular complexity index is 782. The Morgan fingerprint density at radius 3 is 2.58 bits per heavy atom. The summed E-state index contributed by atoms with van der Waals surface area (Å²) in [5, 5.41) is 3.37. The maximum atomic E-state index is 12.2. The Balaban J connectivity index is 1.72. The number of nitrogens with zero attached hydrogens (tertiary/aromatic N) is 1. The van der Waals surface area contributed by atoms with Gasteiger partial charge in [-0.1, -0.05) is 11.3 Å². The molecular weight excluding hydrogens is 356 g/mol. The summed E-state index contributed by atoms with van der Waals surface area (Å²) in [5.41, 5.74) is 1.76. The maximum Gasteiger partial charge on any atom is 0.250 e. The van der Waals surface area contributed by atoms with Crippen molar-refractivity contribution in [3.63, 3.8) is 0 Å². The predicted molar refractivity (Wildman–Crippen MR) is 99.2 cm³/mol. The number of hydrogen-bond donors (Lipinski definition) is 1. The normalized spacial score (nSPS) is 13.3. The van der Waals surface area contributed by atoms with Gasteiger partial charge in [0.1, 0.15) is 0 Å². The summed E-state index contributed by atoms with van der Waals surface area (Å²) in [6.07, 6.45) is 3.90. The predicted octanol–water partition coefficient (Wildman–Crippen LogP) is 2.89. The number of hydrogen-bond acceptors (Lipinski definition) is 7. The number of nitrogens with one attached hydrogen (secondary N) is 1. The molecule has 2 aromatic rings. The second-order valence-corrected chi connectivity index (χ2v) is 6.56. The van der Waals surface area contributed by atoms with E-state index < -0.39 is 0 Å². The van der Waals surface area contributed by atoms with Crippen molar-refractivity contribution in [3.05, 3.63) is 34.3 Å². The molecular formula is C18H20N2O5S. The molecule has 0 radical (unpaired) electrons. The number of thiazole rings is 1. The van der Waals surface area contributed by atoms with E-state index in [-0.39, 0.29) is 5.91 Å². The third-order valence-corrected chi connectivity index (χ3v) is 4.83. The third kappa shape index (κ3) is 3.97. The van der Waals surface area contributed by atoms with E-state index in [2.05, 4.69) is 10.3 Å². The standard InChI is InChI=1S/C18H20N2O5S/c1-22-13-8-11(9-14(23-2)17(13)24-3)4-5-16(21)20-18-19-12-6-7-25-10-15(12)26-18/h4-5,8-9H,6-7,10H2,1-3H3,(H,19,20,21)/b5-4+. The molecule has 0 unspecified atom stereocenters. The number of fused-ring (bicyclic) bond motifs is 1. The van der Waals surface area contributed by atoms with Gasteiger partial charge in [0.25, 0.3) is 0 Å². The zero-order valence-electron chi connectivity index (χ0n) is 14.8. The minimum Gasteiger partial charge on any atom is -0.493 e. The first-order valence-electron chi connectivity index (χ1n) is 8.00. The fraction of sp³-hybridized carbons (Fsp3) is 0.333. The molecule has 1 aromatic heterocycles. The van der Waals surface area contributed by atoms with Crippen LogP contribution in [0.1, 0.15) is 16.1 Å². The summed E-state index contributed by atoms with van der Waals surface area (Å²) in [4.78, 5) is 17.7. The SMILES string of the molecule is COc1cc(/C=C/C(=O)Nc2nc3c(s2)COCC3)cc(OC)c1OC. The molecule has 138 valence electrons. The van der Waals surface area contributed by atoms with Gasteiger partial charge in [0.2, 0.25) is 11.7 Å². The number of carbonyl (C=O) groups excluding carboxylic acids is 1. The van der Waals surface area contributed by atoms with E-state index in [0.29, 0.717) is 35.6 Å². The number of methoxy groups -OCH3 is 3. The topological polar surface area (TPSA) is 78.9 Å². The van der Waals surface area contributed by atoms with Crippen molar-refractivity contribution in [2.75, 3.05) is 33.3 Å². The lowest BCUT2D eigenvalue weighted by molar-refractivity contribution is -0.111. The molecule has 2 heterocycles. The highest BCUT2D eigenvalue weighted by atomic mass is 32.1. The van der Waals surface area contributed by atoms with Gasteiger partial charge in [0, 0.05) is 12.5 Å². The van der Waals surface area contributed by atoms with Crippen LogP contribution in [0.3, 0.4) is 0 Å². The number of aromatic nitrogens is 1. The van der Waals surface area contributed by atoms with E-state index in [1.165, 1.54) is 17.4 Å². The number of rotatable bonds is 6. The van der Waals surface area contributed by atoms with E-state index in [0.717, 1.165) is 22.6 Å². The van der Waals surface area contributed by atoms with Gasteiger partial charge in [-0.25, -0.2) is 4.98 Å². The Morgan fingerprint density at radius 2 is 1.96 bits per heavy atom. The number of amides is 1. The smallest absolute Gasteiger partial charge is 0.250 e. The summed E-state index contributed by atoms with van der Waals surface area (Å²) in [5.74, 6) is 1.30. The molecule has 1 aliphatic rings. The monoisotopic (exact) mass is 376 g/mol. The molecule has 1 aliphatic heterocycles. The Morgan fingerprint density at radius 1 is 1.23 bits per heavy atom. The molecule has 7 nitrogen and oxygen atoms in total. The lowest BCUT2D eigenvalue weighted by Gasteiger charge is -2.12. The van der Waals surface area contributed by atoms with Crippen molar-refractivity contribution in [2.24, 2.45) is 0 Å². The molecule has 26 heavy (non-hydrogen) atoms. The van der Waals surface area contributed by atoms with Crippen molar-refractivity contribution >= 4 is 28.5 Å². The third-order valence-electron chi connectivity index (χ3n) is 3.84. The fourth-order valence-corrected chi connectivity index (χ4v) is 3.54. The van der Waals surface area contributed by atoms with Crippen molar-refractivity contribution in [3.8, 4) is 17.2 Å². The minimum atomic E-state index is -0.259. The van der Waals surface area contributed by atoms with Gasteiger partial charge in [0.15, 0.2) is 16.6 Å². The average Bonchev–Trinajstić information content (AvgIpc) is 3.07. The molecule has 1 N–H and O–H groups in total. The van der Waals surface area contributed by atoms with Crippen LogP contribution in [0.4, 0.5) is 5.13 Å². The van der Waals surface area contributed by atoms with Crippen LogP contribution in [0.2, 0.25) is 0 Å². The van der Waals surface area contributed by atoms with Crippen molar-refractivity contribution in [1.82, 2.24) is 4.98 Å². The van der Waals surface area contributed by atoms with Crippen LogP contribution >= 0.6 is 11.3 Å². The van der Waals surface area contributed by atoms with Crippen LogP contribution in [0.25, 0.3) is 6.08 Å². The first kappa shape index (κ1) is 18.2. The number of benzene rings is 1. The van der Waals surface area contributed by atoms with Crippen molar-refractivity contribution in [1.29, 1.82) is 0 Å². The summed E-state index contributed by atoms with van der Waals surface area (Å²) < 4.78 is 21.3. The Hall–Kier alpha value is -2.58. The summed E-state index contributed by atoms with van der Waals surface area (Å²) in [6, 6.07) is 3.54. The maximum absolute atomic E-state index is 12.2. The van der Waals surface area contributed by atoms with E-state index in [9.17, 15) is 4.79 Å². The number of ether oxygens (including phenoxy) is 4. The summed E-state index contributed by atoms with van der Waals surface area (Å²) in [7, 11) is 4.64. The molecule has 0 aliphatic carbocycles. The largest absolute Gasteiger partial charge is 0.493 e. The molecule has 0 atom stereocenters. The first-order chi connectivity index (χ1) is 12.6. The second-order valence-electron chi connectivity index (χ2n) is 5.47. The van der Waals surface area contributed by atoms with E-state index >= 15 is 0 Å². The zero-order chi connectivity index (χ0) is 18.5. The van der Waals surface area contributed by atoms with Gasteiger partial charge in [-0.05, 0) is 23.8 Å². The van der Waals surface area contributed by atoms with Gasteiger partial charge in [-0.15, -0.1) is 0 Å². The molecule has 0 saturated carbocycles. The van der Waals surface area contributed by atoms with Gasteiger partial charge in [0.05, 0.1) is 45.1 Å². The molecule has 3 rings (SSSR count). The summed E-state index contributed by atoms with van der Waals surface area (Å²) in [6.45, 7) is 1.23. The molecule has 0 bridgehead atoms. The van der Waals surface area contributed by atoms with Gasteiger partial charge < -0.3 is 18.9 Å². The molecule has 1 aromatic carbocycles.